The number of amides is 2. The molecule has 1 saturated carbocycles. The largest absolute Gasteiger partial charge is 0.355 e. The van der Waals surface area contributed by atoms with Crippen LogP contribution in [0.2, 0.25) is 0 Å². The van der Waals surface area contributed by atoms with Crippen molar-refractivity contribution in [3.05, 3.63) is 0 Å². The van der Waals surface area contributed by atoms with Crippen LogP contribution in [0.3, 0.4) is 0 Å². The SMILES string of the molecule is CC(=O)NCCN(C(C)=O)C1CC1. The van der Waals surface area contributed by atoms with Crippen molar-refractivity contribution >= 4 is 11.8 Å². The molecule has 2 amide bonds. The van der Waals surface area contributed by atoms with E-state index >= 15 is 0 Å². The molecule has 0 spiro atoms. The molecular weight excluding hydrogens is 168 g/mol. The summed E-state index contributed by atoms with van der Waals surface area (Å²) in [4.78, 5) is 23.5. The number of nitrogens with one attached hydrogen (secondary N) is 1. The van der Waals surface area contributed by atoms with Crippen LogP contribution in [0.25, 0.3) is 0 Å². The van der Waals surface area contributed by atoms with Gasteiger partial charge < -0.3 is 10.2 Å². The van der Waals surface area contributed by atoms with Crippen LogP contribution in [0.1, 0.15) is 26.7 Å². The van der Waals surface area contributed by atoms with E-state index in [2.05, 4.69) is 5.32 Å². The number of rotatable bonds is 4. The first kappa shape index (κ1) is 10.0. The van der Waals surface area contributed by atoms with Gasteiger partial charge in [0.2, 0.25) is 11.8 Å². The number of hydrogen-bond acceptors (Lipinski definition) is 2. The standard InChI is InChI=1S/C9H16N2O2/c1-7(12)10-5-6-11(8(2)13)9-3-4-9/h9H,3-6H2,1-2H3,(H,10,12). The van der Waals surface area contributed by atoms with Crippen LogP contribution in [0.5, 0.6) is 0 Å². The minimum absolute atomic E-state index is 0.0423. The van der Waals surface area contributed by atoms with Gasteiger partial charge in [-0.15, -0.1) is 0 Å². The summed E-state index contributed by atoms with van der Waals surface area (Å²) in [7, 11) is 0. The van der Waals surface area contributed by atoms with E-state index in [1.165, 1.54) is 6.92 Å². The van der Waals surface area contributed by atoms with Gasteiger partial charge in [0.25, 0.3) is 0 Å². The van der Waals surface area contributed by atoms with Gasteiger partial charge in [0, 0.05) is 33.0 Å². The first-order valence-electron chi connectivity index (χ1n) is 4.63. The fourth-order valence-corrected chi connectivity index (χ4v) is 1.34. The zero-order chi connectivity index (χ0) is 9.84. The summed E-state index contributed by atoms with van der Waals surface area (Å²) in [5, 5.41) is 2.68. The van der Waals surface area contributed by atoms with Gasteiger partial charge in [-0.1, -0.05) is 0 Å². The summed E-state index contributed by atoms with van der Waals surface area (Å²) in [6.07, 6.45) is 2.22. The van der Waals surface area contributed by atoms with Gasteiger partial charge in [0.15, 0.2) is 0 Å². The maximum absolute atomic E-state index is 11.1. The third kappa shape index (κ3) is 3.44. The summed E-state index contributed by atoms with van der Waals surface area (Å²) in [5.74, 6) is 0.0622. The predicted octanol–water partition coefficient (Wildman–Crippen LogP) is 0.133. The summed E-state index contributed by atoms with van der Waals surface area (Å²) < 4.78 is 0. The Morgan fingerprint density at radius 3 is 2.38 bits per heavy atom. The van der Waals surface area contributed by atoms with E-state index in [1.54, 1.807) is 6.92 Å². The lowest BCUT2D eigenvalue weighted by Gasteiger charge is -2.20. The second-order valence-electron chi connectivity index (χ2n) is 3.43. The second-order valence-corrected chi connectivity index (χ2v) is 3.43. The van der Waals surface area contributed by atoms with Gasteiger partial charge >= 0.3 is 0 Å². The molecule has 0 radical (unpaired) electrons. The maximum Gasteiger partial charge on any atom is 0.219 e. The van der Waals surface area contributed by atoms with Gasteiger partial charge in [-0.3, -0.25) is 9.59 Å². The van der Waals surface area contributed by atoms with Gasteiger partial charge in [0.05, 0.1) is 0 Å². The molecule has 0 bridgehead atoms. The Kier molecular flexibility index (Phi) is 3.28. The molecule has 0 heterocycles. The lowest BCUT2D eigenvalue weighted by molar-refractivity contribution is -0.129. The van der Waals surface area contributed by atoms with Crippen molar-refractivity contribution in [3.8, 4) is 0 Å². The van der Waals surface area contributed by atoms with E-state index in [0.29, 0.717) is 19.1 Å². The Hall–Kier alpha value is -1.06. The molecule has 0 unspecified atom stereocenters. The van der Waals surface area contributed by atoms with Crippen molar-refractivity contribution in [2.75, 3.05) is 13.1 Å². The molecule has 0 aromatic rings. The van der Waals surface area contributed by atoms with E-state index in [0.717, 1.165) is 12.8 Å². The molecule has 1 fully saturated rings. The van der Waals surface area contributed by atoms with Crippen molar-refractivity contribution in [1.29, 1.82) is 0 Å². The molecule has 0 aliphatic heterocycles. The molecule has 1 rings (SSSR count). The molecule has 13 heavy (non-hydrogen) atoms. The third-order valence-electron chi connectivity index (χ3n) is 2.12. The first-order chi connectivity index (χ1) is 6.11. The fourth-order valence-electron chi connectivity index (χ4n) is 1.34. The van der Waals surface area contributed by atoms with Crippen molar-refractivity contribution < 1.29 is 9.59 Å². The Labute approximate surface area is 78.3 Å². The van der Waals surface area contributed by atoms with Crippen molar-refractivity contribution in [2.45, 2.75) is 32.7 Å². The quantitative estimate of drug-likeness (QED) is 0.675. The first-order valence-corrected chi connectivity index (χ1v) is 4.63. The maximum atomic E-state index is 11.1. The number of carbonyl (C=O) groups is 2. The van der Waals surface area contributed by atoms with Gasteiger partial charge in [-0.05, 0) is 12.8 Å². The summed E-state index contributed by atoms with van der Waals surface area (Å²) in [6, 6.07) is 0.436. The summed E-state index contributed by atoms with van der Waals surface area (Å²) >= 11 is 0. The van der Waals surface area contributed by atoms with Gasteiger partial charge in [-0.2, -0.15) is 0 Å². The molecular formula is C9H16N2O2. The zero-order valence-corrected chi connectivity index (χ0v) is 8.17. The Morgan fingerprint density at radius 1 is 1.38 bits per heavy atom. The lowest BCUT2D eigenvalue weighted by Crippen LogP contribution is -2.38. The molecule has 0 aromatic carbocycles. The van der Waals surface area contributed by atoms with Crippen LogP contribution < -0.4 is 5.32 Å². The van der Waals surface area contributed by atoms with Crippen LogP contribution in [0.15, 0.2) is 0 Å². The average molecular weight is 184 g/mol. The van der Waals surface area contributed by atoms with E-state index in [1.807, 2.05) is 4.90 Å². The number of nitrogens with zero attached hydrogens (tertiary/aromatic N) is 1. The minimum atomic E-state index is -0.0423. The van der Waals surface area contributed by atoms with Crippen LogP contribution in [0.4, 0.5) is 0 Å². The van der Waals surface area contributed by atoms with Crippen LogP contribution in [-0.2, 0) is 9.59 Å². The van der Waals surface area contributed by atoms with E-state index in [9.17, 15) is 9.59 Å². The lowest BCUT2D eigenvalue weighted by atomic mass is 10.4. The van der Waals surface area contributed by atoms with E-state index in [-0.39, 0.29) is 11.8 Å². The molecule has 1 aliphatic rings. The van der Waals surface area contributed by atoms with Crippen molar-refractivity contribution in [1.82, 2.24) is 10.2 Å². The molecule has 4 nitrogen and oxygen atoms in total. The molecule has 0 saturated heterocycles. The van der Waals surface area contributed by atoms with Crippen LogP contribution in [0, 0.1) is 0 Å². The Bertz CT molecular complexity index is 212. The summed E-state index contributed by atoms with van der Waals surface area (Å²) in [6.45, 7) is 4.26. The molecule has 4 heteroatoms. The molecule has 1 aliphatic carbocycles. The fraction of sp³-hybridized carbons (Fsp3) is 0.778. The zero-order valence-electron chi connectivity index (χ0n) is 8.17. The second kappa shape index (κ2) is 4.25. The molecule has 0 aromatic heterocycles. The predicted molar refractivity (Wildman–Crippen MR) is 49.1 cm³/mol. The normalized spacial score (nSPS) is 15.2. The third-order valence-corrected chi connectivity index (χ3v) is 2.12. The number of carbonyl (C=O) groups excluding carboxylic acids is 2. The molecule has 1 N–H and O–H groups in total. The topological polar surface area (TPSA) is 49.4 Å². The van der Waals surface area contributed by atoms with Crippen molar-refractivity contribution in [2.24, 2.45) is 0 Å². The van der Waals surface area contributed by atoms with Gasteiger partial charge in [0.1, 0.15) is 0 Å². The van der Waals surface area contributed by atoms with Crippen LogP contribution >= 0.6 is 0 Å². The number of hydrogen-bond donors (Lipinski definition) is 1. The average Bonchev–Trinajstić information content (AvgIpc) is 2.79. The van der Waals surface area contributed by atoms with E-state index in [4.69, 9.17) is 0 Å². The molecule has 0 atom stereocenters. The minimum Gasteiger partial charge on any atom is -0.355 e. The van der Waals surface area contributed by atoms with E-state index < -0.39 is 0 Å². The molecule has 74 valence electrons. The smallest absolute Gasteiger partial charge is 0.219 e. The Morgan fingerprint density at radius 2 is 2.00 bits per heavy atom. The van der Waals surface area contributed by atoms with Crippen molar-refractivity contribution in [3.63, 3.8) is 0 Å². The Balaban J connectivity index is 2.22. The highest BCUT2D eigenvalue weighted by Crippen LogP contribution is 2.26. The van der Waals surface area contributed by atoms with Crippen LogP contribution in [-0.4, -0.2) is 35.8 Å². The van der Waals surface area contributed by atoms with Gasteiger partial charge in [-0.25, -0.2) is 0 Å². The highest BCUT2D eigenvalue weighted by molar-refractivity contribution is 5.74. The highest BCUT2D eigenvalue weighted by Gasteiger charge is 2.30. The monoisotopic (exact) mass is 184 g/mol. The summed E-state index contributed by atoms with van der Waals surface area (Å²) in [5.41, 5.74) is 0. The highest BCUT2D eigenvalue weighted by atomic mass is 16.2.